The molecule has 5 nitrogen and oxygen atoms in total. The molecule has 138 valence electrons. The van der Waals surface area contributed by atoms with Crippen LogP contribution in [0.5, 0.6) is 0 Å². The largest absolute Gasteiger partial charge is 0.378 e. The SMILES string of the molecule is C[C@@H]1CN(C[C@H]2CCCN2C(=O)c2ccc(N(C)C)cc2)C[C@@H](C)O1. The first-order chi connectivity index (χ1) is 11.9. The molecule has 2 saturated heterocycles. The third kappa shape index (κ3) is 4.33. The van der Waals surface area contributed by atoms with Crippen molar-refractivity contribution in [1.82, 2.24) is 9.80 Å². The van der Waals surface area contributed by atoms with Crippen molar-refractivity contribution in [2.45, 2.75) is 44.9 Å². The van der Waals surface area contributed by atoms with E-state index in [1.165, 1.54) is 0 Å². The Morgan fingerprint density at radius 3 is 2.40 bits per heavy atom. The van der Waals surface area contributed by atoms with Gasteiger partial charge in [0.05, 0.1) is 12.2 Å². The summed E-state index contributed by atoms with van der Waals surface area (Å²) in [5, 5.41) is 0. The highest BCUT2D eigenvalue weighted by molar-refractivity contribution is 5.95. The summed E-state index contributed by atoms with van der Waals surface area (Å²) in [5.74, 6) is 0.169. The van der Waals surface area contributed by atoms with Crippen LogP contribution in [0.1, 0.15) is 37.0 Å². The zero-order valence-corrected chi connectivity index (χ0v) is 15.9. The molecule has 3 rings (SSSR count). The topological polar surface area (TPSA) is 36.0 Å². The molecule has 1 aromatic carbocycles. The molecule has 5 heteroatoms. The maximum atomic E-state index is 13.0. The Balaban J connectivity index is 1.65. The number of likely N-dealkylation sites (tertiary alicyclic amines) is 1. The van der Waals surface area contributed by atoms with Crippen LogP contribution in [0.15, 0.2) is 24.3 Å². The molecule has 2 fully saturated rings. The van der Waals surface area contributed by atoms with E-state index in [9.17, 15) is 4.79 Å². The van der Waals surface area contributed by atoms with Gasteiger partial charge in [0.25, 0.3) is 5.91 Å². The first-order valence-corrected chi connectivity index (χ1v) is 9.40. The Bertz CT molecular complexity index is 577. The first kappa shape index (κ1) is 18.2. The average Bonchev–Trinajstić information content (AvgIpc) is 3.01. The van der Waals surface area contributed by atoms with E-state index < -0.39 is 0 Å². The summed E-state index contributed by atoms with van der Waals surface area (Å²) in [7, 11) is 4.02. The lowest BCUT2D eigenvalue weighted by Crippen LogP contribution is -2.50. The molecule has 0 aromatic heterocycles. The minimum Gasteiger partial charge on any atom is -0.378 e. The number of carbonyl (C=O) groups is 1. The molecule has 0 bridgehead atoms. The van der Waals surface area contributed by atoms with Crippen LogP contribution < -0.4 is 4.90 Å². The normalized spacial score (nSPS) is 27.5. The maximum absolute atomic E-state index is 13.0. The number of amides is 1. The van der Waals surface area contributed by atoms with Gasteiger partial charge in [-0.15, -0.1) is 0 Å². The number of morpholine rings is 1. The molecule has 25 heavy (non-hydrogen) atoms. The smallest absolute Gasteiger partial charge is 0.254 e. The van der Waals surface area contributed by atoms with Gasteiger partial charge in [-0.1, -0.05) is 0 Å². The number of ether oxygens (including phenoxy) is 1. The molecule has 0 aliphatic carbocycles. The summed E-state index contributed by atoms with van der Waals surface area (Å²) < 4.78 is 5.83. The highest BCUT2D eigenvalue weighted by Crippen LogP contribution is 2.23. The van der Waals surface area contributed by atoms with Crippen LogP contribution in [0.4, 0.5) is 5.69 Å². The summed E-state index contributed by atoms with van der Waals surface area (Å²) in [6.07, 6.45) is 2.74. The van der Waals surface area contributed by atoms with E-state index in [4.69, 9.17) is 4.74 Å². The van der Waals surface area contributed by atoms with Crippen molar-refractivity contribution in [3.63, 3.8) is 0 Å². The predicted molar refractivity (Wildman–Crippen MR) is 101 cm³/mol. The predicted octanol–water partition coefficient (Wildman–Crippen LogP) is 2.47. The van der Waals surface area contributed by atoms with E-state index in [0.717, 1.165) is 50.3 Å². The van der Waals surface area contributed by atoms with Gasteiger partial charge in [0.15, 0.2) is 0 Å². The molecule has 0 N–H and O–H groups in total. The molecule has 0 radical (unpaired) electrons. The Morgan fingerprint density at radius 2 is 1.80 bits per heavy atom. The van der Waals surface area contributed by atoms with Crippen LogP contribution >= 0.6 is 0 Å². The lowest BCUT2D eigenvalue weighted by Gasteiger charge is -2.38. The number of hydrogen-bond acceptors (Lipinski definition) is 4. The second-order valence-corrected chi connectivity index (χ2v) is 7.71. The fraction of sp³-hybridized carbons (Fsp3) is 0.650. The molecule has 1 amide bonds. The molecule has 0 saturated carbocycles. The van der Waals surface area contributed by atoms with Crippen LogP contribution in [0.3, 0.4) is 0 Å². The molecular formula is C20H31N3O2. The number of nitrogens with zero attached hydrogens (tertiary/aromatic N) is 3. The van der Waals surface area contributed by atoms with E-state index >= 15 is 0 Å². The van der Waals surface area contributed by atoms with Gasteiger partial charge in [0.1, 0.15) is 0 Å². The summed E-state index contributed by atoms with van der Waals surface area (Å²) in [6, 6.07) is 8.25. The molecule has 2 aliphatic rings. The van der Waals surface area contributed by atoms with Crippen molar-refractivity contribution in [3.8, 4) is 0 Å². The molecule has 1 aromatic rings. The summed E-state index contributed by atoms with van der Waals surface area (Å²) in [5.41, 5.74) is 1.91. The van der Waals surface area contributed by atoms with Crippen molar-refractivity contribution in [1.29, 1.82) is 0 Å². The Kier molecular flexibility index (Phi) is 5.64. The average molecular weight is 345 g/mol. The minimum atomic E-state index is 0.169. The van der Waals surface area contributed by atoms with Gasteiger partial charge in [-0.3, -0.25) is 9.69 Å². The Labute approximate surface area is 151 Å². The van der Waals surface area contributed by atoms with Crippen LogP contribution in [0.25, 0.3) is 0 Å². The van der Waals surface area contributed by atoms with E-state index in [0.29, 0.717) is 6.04 Å². The van der Waals surface area contributed by atoms with Gasteiger partial charge in [0.2, 0.25) is 0 Å². The molecule has 3 atom stereocenters. The van der Waals surface area contributed by atoms with Gasteiger partial charge in [-0.05, 0) is 51.0 Å². The highest BCUT2D eigenvalue weighted by Gasteiger charge is 2.32. The number of hydrogen-bond donors (Lipinski definition) is 0. The molecule has 0 spiro atoms. The number of benzene rings is 1. The van der Waals surface area contributed by atoms with Crippen molar-refractivity contribution < 1.29 is 9.53 Å². The van der Waals surface area contributed by atoms with Crippen molar-refractivity contribution in [3.05, 3.63) is 29.8 Å². The van der Waals surface area contributed by atoms with Crippen LogP contribution in [0, 0.1) is 0 Å². The molecule has 2 aliphatic heterocycles. The maximum Gasteiger partial charge on any atom is 0.254 e. The van der Waals surface area contributed by atoms with Crippen LogP contribution in [-0.2, 0) is 4.74 Å². The van der Waals surface area contributed by atoms with Gasteiger partial charge >= 0.3 is 0 Å². The van der Waals surface area contributed by atoms with Gasteiger partial charge < -0.3 is 14.5 Å². The summed E-state index contributed by atoms with van der Waals surface area (Å²) in [4.78, 5) is 19.6. The van der Waals surface area contributed by atoms with E-state index in [1.54, 1.807) is 0 Å². The van der Waals surface area contributed by atoms with Crippen LogP contribution in [0.2, 0.25) is 0 Å². The van der Waals surface area contributed by atoms with Crippen molar-refractivity contribution in [2.75, 3.05) is 45.2 Å². The fourth-order valence-electron chi connectivity index (χ4n) is 4.09. The Hall–Kier alpha value is -1.59. The third-order valence-electron chi connectivity index (χ3n) is 5.23. The zero-order chi connectivity index (χ0) is 18.0. The van der Waals surface area contributed by atoms with Crippen molar-refractivity contribution in [2.24, 2.45) is 0 Å². The standard InChI is InChI=1S/C20H31N3O2/c1-15-12-22(13-16(2)25-15)14-19-6-5-11-23(19)20(24)17-7-9-18(10-8-17)21(3)4/h7-10,15-16,19H,5-6,11-14H2,1-4H3/t15-,16-,19-/m1/s1. The van der Waals surface area contributed by atoms with Crippen LogP contribution in [-0.4, -0.2) is 74.2 Å². The van der Waals surface area contributed by atoms with E-state index in [-0.39, 0.29) is 18.1 Å². The number of carbonyl (C=O) groups excluding carboxylic acids is 1. The number of anilines is 1. The summed E-state index contributed by atoms with van der Waals surface area (Å²) >= 11 is 0. The Morgan fingerprint density at radius 1 is 1.16 bits per heavy atom. The van der Waals surface area contributed by atoms with Gasteiger partial charge in [-0.2, -0.15) is 0 Å². The van der Waals surface area contributed by atoms with Gasteiger partial charge in [0, 0.05) is 57.6 Å². The second kappa shape index (κ2) is 7.75. The monoisotopic (exact) mass is 345 g/mol. The second-order valence-electron chi connectivity index (χ2n) is 7.71. The lowest BCUT2D eigenvalue weighted by molar-refractivity contribution is -0.0715. The van der Waals surface area contributed by atoms with E-state index in [2.05, 4.69) is 23.6 Å². The lowest BCUT2D eigenvalue weighted by atomic mass is 10.1. The molecular weight excluding hydrogens is 314 g/mol. The number of rotatable bonds is 4. The van der Waals surface area contributed by atoms with Crippen molar-refractivity contribution >= 4 is 11.6 Å². The quantitative estimate of drug-likeness (QED) is 0.840. The minimum absolute atomic E-state index is 0.169. The van der Waals surface area contributed by atoms with Gasteiger partial charge in [-0.25, -0.2) is 0 Å². The summed E-state index contributed by atoms with van der Waals surface area (Å²) in [6.45, 7) is 8.01. The van der Waals surface area contributed by atoms with E-state index in [1.807, 2.05) is 43.3 Å². The molecule has 0 unspecified atom stereocenters. The third-order valence-corrected chi connectivity index (χ3v) is 5.23. The first-order valence-electron chi connectivity index (χ1n) is 9.40. The highest BCUT2D eigenvalue weighted by atomic mass is 16.5. The molecule has 2 heterocycles. The fourth-order valence-corrected chi connectivity index (χ4v) is 4.09. The zero-order valence-electron chi connectivity index (χ0n) is 15.9.